The topological polar surface area (TPSA) is 69.1 Å². The van der Waals surface area contributed by atoms with E-state index in [1.165, 1.54) is 44.9 Å². The average Bonchev–Trinajstić information content (AvgIpc) is 2.96. The molecule has 0 aliphatic rings. The Kier molecular flexibility index (Phi) is 6.16. The Morgan fingerprint density at radius 1 is 1.09 bits per heavy atom. The maximum atomic E-state index is 6.30. The number of nitrogens with zero attached hydrogens (tertiary/aromatic N) is 4. The van der Waals surface area contributed by atoms with Crippen molar-refractivity contribution in [2.24, 2.45) is 0 Å². The molecule has 0 spiro atoms. The number of aromatic nitrogens is 4. The number of unbranched alkanes of at least 4 members (excludes halogenated alkanes) is 6. The number of nitrogens with two attached hydrogens (primary N) is 1. The van der Waals surface area contributed by atoms with Gasteiger partial charge in [0.25, 0.3) is 5.78 Å². The van der Waals surface area contributed by atoms with Crippen LogP contribution in [0, 0.1) is 0 Å². The maximum Gasteiger partial charge on any atom is 0.254 e. The molecule has 2 aromatic heterocycles. The standard InChI is InChI=1S/C17H29N5/c1-4-5-6-7-8-9-10-11-14-15(13(2)3)21-17-19-12-20-22(17)16(14)18/h12-13H,4-11,18H2,1-3H3. The molecular formula is C17H29N5. The largest absolute Gasteiger partial charge is 0.383 e. The highest BCUT2D eigenvalue weighted by Crippen LogP contribution is 2.25. The molecule has 0 aromatic carbocycles. The SMILES string of the molecule is CCCCCCCCCc1c(C(C)C)nc2ncnn2c1N. The van der Waals surface area contributed by atoms with Gasteiger partial charge in [-0.1, -0.05) is 59.3 Å². The first-order chi connectivity index (χ1) is 10.6. The number of nitrogen functional groups attached to an aromatic ring is 1. The van der Waals surface area contributed by atoms with E-state index >= 15 is 0 Å². The van der Waals surface area contributed by atoms with E-state index in [1.807, 2.05) is 0 Å². The lowest BCUT2D eigenvalue weighted by atomic mass is 9.98. The van der Waals surface area contributed by atoms with Crippen LogP contribution in [0.1, 0.15) is 82.9 Å². The van der Waals surface area contributed by atoms with Crippen LogP contribution in [0.15, 0.2) is 6.33 Å². The van der Waals surface area contributed by atoms with Gasteiger partial charge in [-0.05, 0) is 18.8 Å². The van der Waals surface area contributed by atoms with E-state index in [1.54, 1.807) is 4.52 Å². The zero-order valence-corrected chi connectivity index (χ0v) is 14.2. The molecule has 0 unspecified atom stereocenters. The van der Waals surface area contributed by atoms with Gasteiger partial charge < -0.3 is 5.73 Å². The molecular weight excluding hydrogens is 274 g/mol. The second kappa shape index (κ2) is 8.11. The summed E-state index contributed by atoms with van der Waals surface area (Å²) in [5.74, 6) is 1.66. The summed E-state index contributed by atoms with van der Waals surface area (Å²) in [5, 5.41) is 4.18. The van der Waals surface area contributed by atoms with Crippen LogP contribution in [-0.2, 0) is 6.42 Å². The molecule has 5 heteroatoms. The third-order valence-corrected chi connectivity index (χ3v) is 4.17. The van der Waals surface area contributed by atoms with Gasteiger partial charge in [-0.2, -0.15) is 14.6 Å². The fourth-order valence-electron chi connectivity index (χ4n) is 2.91. The van der Waals surface area contributed by atoms with Gasteiger partial charge in [-0.15, -0.1) is 0 Å². The monoisotopic (exact) mass is 303 g/mol. The Bertz CT molecular complexity index is 588. The van der Waals surface area contributed by atoms with E-state index in [9.17, 15) is 0 Å². The Hall–Kier alpha value is -1.65. The van der Waals surface area contributed by atoms with Gasteiger partial charge in [0.2, 0.25) is 0 Å². The molecule has 2 N–H and O–H groups in total. The van der Waals surface area contributed by atoms with Gasteiger partial charge in [-0.3, -0.25) is 0 Å². The third kappa shape index (κ3) is 3.96. The zero-order chi connectivity index (χ0) is 15.9. The Balaban J connectivity index is 2.00. The summed E-state index contributed by atoms with van der Waals surface area (Å²) in [6.45, 7) is 6.56. The molecule has 0 aliphatic carbocycles. The summed E-state index contributed by atoms with van der Waals surface area (Å²) in [7, 11) is 0. The van der Waals surface area contributed by atoms with E-state index in [0.29, 0.717) is 17.5 Å². The molecule has 0 saturated carbocycles. The minimum absolute atomic E-state index is 0.351. The van der Waals surface area contributed by atoms with Gasteiger partial charge in [0.15, 0.2) is 0 Å². The van der Waals surface area contributed by atoms with Crippen LogP contribution in [0.2, 0.25) is 0 Å². The molecule has 2 aromatic rings. The summed E-state index contributed by atoms with van der Waals surface area (Å²) in [6, 6.07) is 0. The average molecular weight is 303 g/mol. The summed E-state index contributed by atoms with van der Waals surface area (Å²) in [6.07, 6.45) is 11.6. The Morgan fingerprint density at radius 3 is 2.45 bits per heavy atom. The molecule has 2 rings (SSSR count). The van der Waals surface area contributed by atoms with Crippen molar-refractivity contribution in [1.82, 2.24) is 19.6 Å². The first kappa shape index (κ1) is 16.7. The second-order valence-electron chi connectivity index (χ2n) is 6.36. The van der Waals surface area contributed by atoms with Crippen LogP contribution >= 0.6 is 0 Å². The number of anilines is 1. The first-order valence-electron chi connectivity index (χ1n) is 8.63. The molecule has 2 heterocycles. The van der Waals surface area contributed by atoms with Crippen LogP contribution in [0.3, 0.4) is 0 Å². The van der Waals surface area contributed by atoms with Crippen molar-refractivity contribution in [3.8, 4) is 0 Å². The van der Waals surface area contributed by atoms with E-state index in [2.05, 4.69) is 35.8 Å². The van der Waals surface area contributed by atoms with Crippen molar-refractivity contribution in [3.63, 3.8) is 0 Å². The molecule has 0 aliphatic heterocycles. The third-order valence-electron chi connectivity index (χ3n) is 4.17. The molecule has 0 fully saturated rings. The normalized spacial score (nSPS) is 11.6. The van der Waals surface area contributed by atoms with Gasteiger partial charge >= 0.3 is 0 Å². The van der Waals surface area contributed by atoms with Crippen LogP contribution in [-0.4, -0.2) is 19.6 Å². The number of rotatable bonds is 9. The van der Waals surface area contributed by atoms with E-state index in [4.69, 9.17) is 5.73 Å². The minimum atomic E-state index is 0.351. The van der Waals surface area contributed by atoms with Crippen molar-refractivity contribution in [2.75, 3.05) is 5.73 Å². The van der Waals surface area contributed by atoms with Gasteiger partial charge in [0, 0.05) is 5.56 Å². The lowest BCUT2D eigenvalue weighted by molar-refractivity contribution is 0.587. The van der Waals surface area contributed by atoms with E-state index < -0.39 is 0 Å². The predicted octanol–water partition coefficient (Wildman–Crippen LogP) is 4.12. The van der Waals surface area contributed by atoms with Crippen molar-refractivity contribution < 1.29 is 0 Å². The predicted molar refractivity (Wildman–Crippen MR) is 91.0 cm³/mol. The number of hydrogen-bond acceptors (Lipinski definition) is 4. The van der Waals surface area contributed by atoms with Crippen LogP contribution < -0.4 is 5.73 Å². The molecule has 0 radical (unpaired) electrons. The highest BCUT2D eigenvalue weighted by Gasteiger charge is 2.16. The molecule has 5 nitrogen and oxygen atoms in total. The van der Waals surface area contributed by atoms with Crippen molar-refractivity contribution in [2.45, 2.75) is 78.1 Å². The van der Waals surface area contributed by atoms with E-state index in [0.717, 1.165) is 24.1 Å². The summed E-state index contributed by atoms with van der Waals surface area (Å²) >= 11 is 0. The smallest absolute Gasteiger partial charge is 0.254 e. The Morgan fingerprint density at radius 2 is 1.77 bits per heavy atom. The molecule has 22 heavy (non-hydrogen) atoms. The Labute approximate surface area is 133 Å². The first-order valence-corrected chi connectivity index (χ1v) is 8.63. The minimum Gasteiger partial charge on any atom is -0.383 e. The molecule has 0 atom stereocenters. The lowest BCUT2D eigenvalue weighted by Gasteiger charge is -2.14. The van der Waals surface area contributed by atoms with Gasteiger partial charge in [0.1, 0.15) is 12.1 Å². The van der Waals surface area contributed by atoms with Crippen LogP contribution in [0.4, 0.5) is 5.82 Å². The summed E-state index contributed by atoms with van der Waals surface area (Å²) in [4.78, 5) is 8.81. The van der Waals surface area contributed by atoms with Crippen molar-refractivity contribution in [1.29, 1.82) is 0 Å². The van der Waals surface area contributed by atoms with Crippen molar-refractivity contribution >= 4 is 11.6 Å². The van der Waals surface area contributed by atoms with Crippen LogP contribution in [0.5, 0.6) is 0 Å². The highest BCUT2D eigenvalue weighted by atomic mass is 15.3. The van der Waals surface area contributed by atoms with Gasteiger partial charge in [0.05, 0.1) is 5.69 Å². The highest BCUT2D eigenvalue weighted by molar-refractivity contribution is 5.50. The summed E-state index contributed by atoms with van der Waals surface area (Å²) < 4.78 is 1.66. The zero-order valence-electron chi connectivity index (χ0n) is 14.2. The fourth-order valence-corrected chi connectivity index (χ4v) is 2.91. The lowest BCUT2D eigenvalue weighted by Crippen LogP contribution is -2.11. The number of hydrogen-bond donors (Lipinski definition) is 1. The fraction of sp³-hybridized carbons (Fsp3) is 0.706. The molecule has 0 amide bonds. The summed E-state index contributed by atoms with van der Waals surface area (Å²) in [5.41, 5.74) is 8.53. The molecule has 0 saturated heterocycles. The molecule has 0 bridgehead atoms. The quantitative estimate of drug-likeness (QED) is 0.707. The van der Waals surface area contributed by atoms with Gasteiger partial charge in [-0.25, -0.2) is 4.98 Å². The van der Waals surface area contributed by atoms with Crippen LogP contribution in [0.25, 0.3) is 5.78 Å². The van der Waals surface area contributed by atoms with E-state index in [-0.39, 0.29) is 0 Å². The molecule has 122 valence electrons. The second-order valence-corrected chi connectivity index (χ2v) is 6.36. The van der Waals surface area contributed by atoms with Crippen molar-refractivity contribution in [3.05, 3.63) is 17.6 Å². The maximum absolute atomic E-state index is 6.30. The number of fused-ring (bicyclic) bond motifs is 1.